The van der Waals surface area contributed by atoms with Crippen molar-refractivity contribution < 1.29 is 9.47 Å². The maximum absolute atomic E-state index is 6.36. The van der Waals surface area contributed by atoms with Gasteiger partial charge in [-0.15, -0.1) is 0 Å². The zero-order chi connectivity index (χ0) is 13.9. The zero-order valence-corrected chi connectivity index (χ0v) is 12.5. The van der Waals surface area contributed by atoms with Crippen LogP contribution in [0.15, 0.2) is 18.2 Å². The van der Waals surface area contributed by atoms with Crippen molar-refractivity contribution in [2.75, 3.05) is 20.3 Å². The molecule has 1 aliphatic rings. The average molecular weight is 304 g/mol. The highest BCUT2D eigenvalue weighted by Crippen LogP contribution is 2.31. The Morgan fingerprint density at radius 1 is 1.37 bits per heavy atom. The van der Waals surface area contributed by atoms with Crippen molar-refractivity contribution in [1.82, 2.24) is 0 Å². The van der Waals surface area contributed by atoms with Crippen LogP contribution in [0.5, 0.6) is 0 Å². The third-order valence-corrected chi connectivity index (χ3v) is 4.46. The van der Waals surface area contributed by atoms with E-state index in [-0.39, 0.29) is 11.6 Å². The molecule has 0 amide bonds. The van der Waals surface area contributed by atoms with Gasteiger partial charge in [0.25, 0.3) is 0 Å². The number of methoxy groups -OCH3 is 1. The normalized spacial score (nSPS) is 20.2. The second-order valence-electron chi connectivity index (χ2n) is 4.93. The molecule has 1 unspecified atom stereocenters. The van der Waals surface area contributed by atoms with Gasteiger partial charge in [0.05, 0.1) is 5.60 Å². The van der Waals surface area contributed by atoms with Gasteiger partial charge in [0.1, 0.15) is 0 Å². The van der Waals surface area contributed by atoms with E-state index in [4.69, 9.17) is 38.4 Å². The summed E-state index contributed by atoms with van der Waals surface area (Å²) in [6.07, 6.45) is 2.30. The van der Waals surface area contributed by atoms with Crippen LogP contribution in [0, 0.1) is 0 Å². The number of nitrogens with two attached hydrogens (primary N) is 1. The predicted octanol–water partition coefficient (Wildman–Crippen LogP) is 3.06. The van der Waals surface area contributed by atoms with Crippen LogP contribution in [0.4, 0.5) is 0 Å². The maximum atomic E-state index is 6.36. The number of hydrogen-bond donors (Lipinski definition) is 1. The van der Waals surface area contributed by atoms with Crippen molar-refractivity contribution in [3.05, 3.63) is 33.8 Å². The number of rotatable bonds is 4. The lowest BCUT2D eigenvalue weighted by atomic mass is 9.83. The minimum absolute atomic E-state index is 0.111. The van der Waals surface area contributed by atoms with E-state index in [1.54, 1.807) is 13.2 Å². The summed E-state index contributed by atoms with van der Waals surface area (Å²) in [5, 5.41) is 1.29. The van der Waals surface area contributed by atoms with E-state index < -0.39 is 0 Å². The number of ether oxygens (including phenoxy) is 2. The maximum Gasteiger partial charge on any atom is 0.0875 e. The Bertz CT molecular complexity index is 433. The van der Waals surface area contributed by atoms with Crippen LogP contribution in [0.3, 0.4) is 0 Å². The fourth-order valence-electron chi connectivity index (χ4n) is 2.55. The van der Waals surface area contributed by atoms with Crippen LogP contribution in [0.1, 0.15) is 18.4 Å². The molecule has 106 valence electrons. The summed E-state index contributed by atoms with van der Waals surface area (Å²) in [7, 11) is 1.72. The molecule has 1 heterocycles. The van der Waals surface area contributed by atoms with Gasteiger partial charge in [0, 0.05) is 49.3 Å². The van der Waals surface area contributed by atoms with Gasteiger partial charge in [-0.25, -0.2) is 0 Å². The molecule has 1 aliphatic heterocycles. The molecule has 5 heteroatoms. The minimum atomic E-state index is -0.318. The van der Waals surface area contributed by atoms with Gasteiger partial charge in [-0.2, -0.15) is 0 Å². The first-order valence-electron chi connectivity index (χ1n) is 6.40. The first kappa shape index (κ1) is 15.1. The highest BCUT2D eigenvalue weighted by Gasteiger charge is 2.38. The molecule has 1 saturated heterocycles. The average Bonchev–Trinajstić information content (AvgIpc) is 2.42. The lowest BCUT2D eigenvalue weighted by Gasteiger charge is -2.40. The summed E-state index contributed by atoms with van der Waals surface area (Å²) in [5.41, 5.74) is 7.04. The smallest absolute Gasteiger partial charge is 0.0875 e. The Balaban J connectivity index is 2.12. The topological polar surface area (TPSA) is 44.5 Å². The van der Waals surface area contributed by atoms with Crippen molar-refractivity contribution in [3.8, 4) is 0 Å². The van der Waals surface area contributed by atoms with E-state index >= 15 is 0 Å². The van der Waals surface area contributed by atoms with Crippen molar-refractivity contribution >= 4 is 23.2 Å². The standard InChI is InChI=1S/C14H19Cl2NO2/c1-18-14(4-6-19-7-5-14)13(17)8-10-2-3-11(15)9-12(10)16/h2-3,9,13H,4-8,17H2,1H3. The summed E-state index contributed by atoms with van der Waals surface area (Å²) in [6.45, 7) is 1.38. The van der Waals surface area contributed by atoms with Crippen LogP contribution < -0.4 is 5.73 Å². The van der Waals surface area contributed by atoms with Gasteiger partial charge in [0.2, 0.25) is 0 Å². The molecule has 0 aliphatic carbocycles. The third-order valence-electron chi connectivity index (χ3n) is 3.88. The van der Waals surface area contributed by atoms with Gasteiger partial charge < -0.3 is 15.2 Å². The van der Waals surface area contributed by atoms with Crippen molar-refractivity contribution in [3.63, 3.8) is 0 Å². The molecule has 1 fully saturated rings. The van der Waals surface area contributed by atoms with Gasteiger partial charge >= 0.3 is 0 Å². The lowest BCUT2D eigenvalue weighted by Crippen LogP contribution is -2.53. The zero-order valence-electron chi connectivity index (χ0n) is 11.0. The van der Waals surface area contributed by atoms with Crippen molar-refractivity contribution in [2.24, 2.45) is 5.73 Å². The Hall–Kier alpha value is -0.320. The molecule has 0 saturated carbocycles. The Morgan fingerprint density at radius 2 is 2.05 bits per heavy atom. The molecule has 1 aromatic rings. The molecule has 2 rings (SSSR count). The minimum Gasteiger partial charge on any atom is -0.381 e. The van der Waals surface area contributed by atoms with E-state index in [0.29, 0.717) is 29.7 Å². The monoisotopic (exact) mass is 303 g/mol. The molecule has 0 radical (unpaired) electrons. The molecular weight excluding hydrogens is 285 g/mol. The van der Waals surface area contributed by atoms with Crippen LogP contribution in [0.2, 0.25) is 10.0 Å². The van der Waals surface area contributed by atoms with Crippen molar-refractivity contribution in [1.29, 1.82) is 0 Å². The van der Waals surface area contributed by atoms with Gasteiger partial charge in [-0.05, 0) is 24.1 Å². The van der Waals surface area contributed by atoms with Gasteiger partial charge in [-0.1, -0.05) is 29.3 Å². The SMILES string of the molecule is COC1(C(N)Cc2ccc(Cl)cc2Cl)CCOCC1. The Morgan fingerprint density at radius 3 is 2.63 bits per heavy atom. The van der Waals surface area contributed by atoms with E-state index in [2.05, 4.69) is 0 Å². The molecule has 1 atom stereocenters. The van der Waals surface area contributed by atoms with E-state index in [1.165, 1.54) is 0 Å². The van der Waals surface area contributed by atoms with Crippen LogP contribution in [-0.2, 0) is 15.9 Å². The Kier molecular flexibility index (Phi) is 5.09. The number of benzene rings is 1. The largest absolute Gasteiger partial charge is 0.381 e. The molecule has 19 heavy (non-hydrogen) atoms. The van der Waals surface area contributed by atoms with Crippen LogP contribution in [-0.4, -0.2) is 32.0 Å². The predicted molar refractivity (Wildman–Crippen MR) is 77.9 cm³/mol. The lowest BCUT2D eigenvalue weighted by molar-refractivity contribution is -0.103. The van der Waals surface area contributed by atoms with E-state index in [9.17, 15) is 0 Å². The van der Waals surface area contributed by atoms with Gasteiger partial charge in [-0.3, -0.25) is 0 Å². The summed E-state index contributed by atoms with van der Waals surface area (Å²) in [6, 6.07) is 5.39. The molecule has 2 N–H and O–H groups in total. The fraction of sp³-hybridized carbons (Fsp3) is 0.571. The summed E-state index contributed by atoms with van der Waals surface area (Å²) in [5.74, 6) is 0. The molecule has 0 bridgehead atoms. The quantitative estimate of drug-likeness (QED) is 0.930. The van der Waals surface area contributed by atoms with Crippen LogP contribution in [0.25, 0.3) is 0 Å². The third kappa shape index (κ3) is 3.41. The van der Waals surface area contributed by atoms with Crippen molar-refractivity contribution in [2.45, 2.75) is 30.9 Å². The first-order chi connectivity index (χ1) is 9.07. The molecular formula is C14H19Cl2NO2. The second kappa shape index (κ2) is 6.42. The van der Waals surface area contributed by atoms with E-state index in [0.717, 1.165) is 18.4 Å². The molecule has 1 aromatic carbocycles. The molecule has 3 nitrogen and oxygen atoms in total. The van der Waals surface area contributed by atoms with E-state index in [1.807, 2.05) is 12.1 Å². The first-order valence-corrected chi connectivity index (χ1v) is 7.15. The summed E-state index contributed by atoms with van der Waals surface area (Å²) >= 11 is 12.1. The molecule has 0 aromatic heterocycles. The summed E-state index contributed by atoms with van der Waals surface area (Å²) < 4.78 is 11.1. The van der Waals surface area contributed by atoms with Gasteiger partial charge in [0.15, 0.2) is 0 Å². The highest BCUT2D eigenvalue weighted by atomic mass is 35.5. The highest BCUT2D eigenvalue weighted by molar-refractivity contribution is 6.35. The second-order valence-corrected chi connectivity index (χ2v) is 5.77. The number of hydrogen-bond acceptors (Lipinski definition) is 3. The summed E-state index contributed by atoms with van der Waals surface area (Å²) in [4.78, 5) is 0. The fourth-order valence-corrected chi connectivity index (χ4v) is 3.04. The Labute approximate surface area is 124 Å². The molecule has 0 spiro atoms. The van der Waals surface area contributed by atoms with Crippen LogP contribution >= 0.6 is 23.2 Å². The number of halogens is 2.